The predicted molar refractivity (Wildman–Crippen MR) is 66.0 cm³/mol. The van der Waals surface area contributed by atoms with Gasteiger partial charge in [0.25, 0.3) is 0 Å². The van der Waals surface area contributed by atoms with Crippen LogP contribution in [0.2, 0.25) is 0 Å². The molecule has 0 aliphatic rings. The van der Waals surface area contributed by atoms with Gasteiger partial charge >= 0.3 is 5.97 Å². The SMILES string of the molecule is CCCCOC(=O)CCc1cccc(C=O)c1. The molecule has 1 rings (SSSR count). The summed E-state index contributed by atoms with van der Waals surface area (Å²) in [5, 5.41) is 0. The van der Waals surface area contributed by atoms with Gasteiger partial charge in [-0.25, -0.2) is 0 Å². The molecule has 3 nitrogen and oxygen atoms in total. The number of benzene rings is 1. The molecule has 0 unspecified atom stereocenters. The minimum Gasteiger partial charge on any atom is -0.466 e. The van der Waals surface area contributed by atoms with E-state index in [0.29, 0.717) is 25.0 Å². The molecule has 0 spiro atoms. The van der Waals surface area contributed by atoms with Crippen molar-refractivity contribution in [1.29, 1.82) is 0 Å². The third-order valence-corrected chi connectivity index (χ3v) is 2.47. The van der Waals surface area contributed by atoms with E-state index in [4.69, 9.17) is 4.74 Å². The van der Waals surface area contributed by atoms with E-state index in [1.54, 1.807) is 12.1 Å². The topological polar surface area (TPSA) is 43.4 Å². The molecule has 1 aromatic rings. The fourth-order valence-corrected chi connectivity index (χ4v) is 1.47. The molecule has 0 fully saturated rings. The van der Waals surface area contributed by atoms with Gasteiger partial charge in [0.15, 0.2) is 0 Å². The third-order valence-electron chi connectivity index (χ3n) is 2.47. The fraction of sp³-hybridized carbons (Fsp3) is 0.429. The first-order chi connectivity index (χ1) is 8.26. The Bertz CT molecular complexity index is 371. The monoisotopic (exact) mass is 234 g/mol. The molecule has 0 saturated carbocycles. The summed E-state index contributed by atoms with van der Waals surface area (Å²) in [4.78, 5) is 21.9. The zero-order valence-electron chi connectivity index (χ0n) is 10.1. The zero-order chi connectivity index (χ0) is 12.5. The lowest BCUT2D eigenvalue weighted by Crippen LogP contribution is -2.06. The minimum absolute atomic E-state index is 0.171. The summed E-state index contributed by atoms with van der Waals surface area (Å²) in [6.07, 6.45) is 3.72. The van der Waals surface area contributed by atoms with Gasteiger partial charge in [0, 0.05) is 12.0 Å². The van der Waals surface area contributed by atoms with Crippen LogP contribution in [-0.4, -0.2) is 18.9 Å². The zero-order valence-corrected chi connectivity index (χ0v) is 10.1. The number of unbranched alkanes of at least 4 members (excludes halogenated alkanes) is 1. The van der Waals surface area contributed by atoms with Crippen molar-refractivity contribution < 1.29 is 14.3 Å². The third kappa shape index (κ3) is 5.29. The highest BCUT2D eigenvalue weighted by Crippen LogP contribution is 2.06. The van der Waals surface area contributed by atoms with Gasteiger partial charge in [-0.1, -0.05) is 31.5 Å². The van der Waals surface area contributed by atoms with Crippen LogP contribution < -0.4 is 0 Å². The Kier molecular flexibility index (Phi) is 6.00. The van der Waals surface area contributed by atoms with Crippen molar-refractivity contribution in [3.8, 4) is 0 Å². The molecule has 1 aromatic carbocycles. The van der Waals surface area contributed by atoms with Crippen molar-refractivity contribution in [2.75, 3.05) is 6.61 Å². The van der Waals surface area contributed by atoms with E-state index in [2.05, 4.69) is 6.92 Å². The number of aryl methyl sites for hydroxylation is 1. The first kappa shape index (κ1) is 13.4. The van der Waals surface area contributed by atoms with Crippen LogP contribution in [0.1, 0.15) is 42.1 Å². The van der Waals surface area contributed by atoms with Crippen molar-refractivity contribution in [3.05, 3.63) is 35.4 Å². The van der Waals surface area contributed by atoms with Crippen LogP contribution in [0.4, 0.5) is 0 Å². The summed E-state index contributed by atoms with van der Waals surface area (Å²) in [5.74, 6) is -0.171. The minimum atomic E-state index is -0.171. The molecule has 17 heavy (non-hydrogen) atoms. The van der Waals surface area contributed by atoms with E-state index in [0.717, 1.165) is 24.7 Å². The Hall–Kier alpha value is -1.64. The second-order valence-corrected chi connectivity index (χ2v) is 3.94. The number of carbonyl (C=O) groups excluding carboxylic acids is 2. The van der Waals surface area contributed by atoms with E-state index >= 15 is 0 Å². The summed E-state index contributed by atoms with van der Waals surface area (Å²) >= 11 is 0. The lowest BCUT2D eigenvalue weighted by Gasteiger charge is -2.04. The van der Waals surface area contributed by atoms with Crippen molar-refractivity contribution in [2.45, 2.75) is 32.6 Å². The summed E-state index contributed by atoms with van der Waals surface area (Å²) < 4.78 is 5.05. The quantitative estimate of drug-likeness (QED) is 0.414. The molecular formula is C14H18O3. The number of hydrogen-bond donors (Lipinski definition) is 0. The smallest absolute Gasteiger partial charge is 0.306 e. The van der Waals surface area contributed by atoms with Crippen molar-refractivity contribution in [1.82, 2.24) is 0 Å². The predicted octanol–water partition coefficient (Wildman–Crippen LogP) is 2.78. The lowest BCUT2D eigenvalue weighted by atomic mass is 10.1. The molecule has 0 aliphatic heterocycles. The van der Waals surface area contributed by atoms with Crippen molar-refractivity contribution in [3.63, 3.8) is 0 Å². The van der Waals surface area contributed by atoms with Gasteiger partial charge in [0.05, 0.1) is 6.61 Å². The van der Waals surface area contributed by atoms with Gasteiger partial charge in [-0.2, -0.15) is 0 Å². The summed E-state index contributed by atoms with van der Waals surface area (Å²) in [6.45, 7) is 2.56. The van der Waals surface area contributed by atoms with Crippen LogP contribution >= 0.6 is 0 Å². The van der Waals surface area contributed by atoms with E-state index < -0.39 is 0 Å². The summed E-state index contributed by atoms with van der Waals surface area (Å²) in [5.41, 5.74) is 1.63. The first-order valence-electron chi connectivity index (χ1n) is 5.96. The number of ether oxygens (including phenoxy) is 1. The molecule has 0 radical (unpaired) electrons. The van der Waals surface area contributed by atoms with Crippen LogP contribution in [0.15, 0.2) is 24.3 Å². The van der Waals surface area contributed by atoms with Gasteiger partial charge in [0.2, 0.25) is 0 Å². The highest BCUT2D eigenvalue weighted by molar-refractivity contribution is 5.75. The molecule has 0 aliphatic carbocycles. The molecule has 3 heteroatoms. The molecule has 0 saturated heterocycles. The molecule has 0 bridgehead atoms. The molecule has 0 aromatic heterocycles. The lowest BCUT2D eigenvalue weighted by molar-refractivity contribution is -0.143. The maximum absolute atomic E-state index is 11.4. The first-order valence-corrected chi connectivity index (χ1v) is 5.96. The standard InChI is InChI=1S/C14H18O3/c1-2-3-9-17-14(16)8-7-12-5-4-6-13(10-12)11-15/h4-6,10-11H,2-3,7-9H2,1H3. The highest BCUT2D eigenvalue weighted by atomic mass is 16.5. The average molecular weight is 234 g/mol. The average Bonchev–Trinajstić information content (AvgIpc) is 2.37. The van der Waals surface area contributed by atoms with E-state index in [-0.39, 0.29) is 5.97 Å². The van der Waals surface area contributed by atoms with E-state index in [1.807, 2.05) is 12.1 Å². The maximum Gasteiger partial charge on any atom is 0.306 e. The van der Waals surface area contributed by atoms with Crippen LogP contribution in [0.5, 0.6) is 0 Å². The Morgan fingerprint density at radius 3 is 2.94 bits per heavy atom. The van der Waals surface area contributed by atoms with Gasteiger partial charge in [0.1, 0.15) is 6.29 Å². The van der Waals surface area contributed by atoms with Gasteiger partial charge in [-0.05, 0) is 24.5 Å². The Morgan fingerprint density at radius 1 is 1.41 bits per heavy atom. The van der Waals surface area contributed by atoms with Crippen LogP contribution in [0, 0.1) is 0 Å². The number of aldehydes is 1. The number of carbonyl (C=O) groups is 2. The van der Waals surface area contributed by atoms with Crippen molar-refractivity contribution >= 4 is 12.3 Å². The molecule has 0 amide bonds. The number of esters is 1. The maximum atomic E-state index is 11.4. The summed E-state index contributed by atoms with van der Waals surface area (Å²) in [6, 6.07) is 7.27. The molecule has 0 heterocycles. The second-order valence-electron chi connectivity index (χ2n) is 3.94. The Balaban J connectivity index is 2.34. The second kappa shape index (κ2) is 7.60. The number of rotatable bonds is 7. The van der Waals surface area contributed by atoms with Gasteiger partial charge in [-0.15, -0.1) is 0 Å². The molecule has 92 valence electrons. The summed E-state index contributed by atoms with van der Waals surface area (Å²) in [7, 11) is 0. The van der Waals surface area contributed by atoms with Gasteiger partial charge < -0.3 is 4.74 Å². The normalized spacial score (nSPS) is 9.94. The Labute approximate surface area is 102 Å². The van der Waals surface area contributed by atoms with Crippen LogP contribution in [-0.2, 0) is 16.0 Å². The van der Waals surface area contributed by atoms with E-state index in [9.17, 15) is 9.59 Å². The molecule has 0 atom stereocenters. The molecular weight excluding hydrogens is 216 g/mol. The van der Waals surface area contributed by atoms with Crippen LogP contribution in [0.25, 0.3) is 0 Å². The van der Waals surface area contributed by atoms with E-state index in [1.165, 1.54) is 0 Å². The van der Waals surface area contributed by atoms with Gasteiger partial charge in [-0.3, -0.25) is 9.59 Å². The van der Waals surface area contributed by atoms with Crippen LogP contribution in [0.3, 0.4) is 0 Å². The number of hydrogen-bond acceptors (Lipinski definition) is 3. The highest BCUT2D eigenvalue weighted by Gasteiger charge is 2.03. The Morgan fingerprint density at radius 2 is 2.24 bits per heavy atom. The fourth-order valence-electron chi connectivity index (χ4n) is 1.47. The van der Waals surface area contributed by atoms with Crippen molar-refractivity contribution in [2.24, 2.45) is 0 Å². The molecule has 0 N–H and O–H groups in total. The largest absolute Gasteiger partial charge is 0.466 e.